The van der Waals surface area contributed by atoms with Gasteiger partial charge in [-0.25, -0.2) is 8.42 Å². The molecule has 0 radical (unpaired) electrons. The molecule has 1 aromatic carbocycles. The summed E-state index contributed by atoms with van der Waals surface area (Å²) in [6.07, 6.45) is 0. The molecule has 0 aliphatic rings. The van der Waals surface area contributed by atoms with Gasteiger partial charge in [-0.1, -0.05) is 13.8 Å². The normalized spacial score (nSPS) is 13.2. The number of nitrogens with one attached hydrogen (secondary N) is 1. The van der Waals surface area contributed by atoms with Gasteiger partial charge in [-0.05, 0) is 24.1 Å². The van der Waals surface area contributed by atoms with Crippen molar-refractivity contribution in [2.24, 2.45) is 11.7 Å². The molecule has 0 aromatic heterocycles. The Kier molecular flexibility index (Phi) is 4.96. The van der Waals surface area contributed by atoms with Crippen LogP contribution in [-0.2, 0) is 14.8 Å². The third-order valence-electron chi connectivity index (χ3n) is 2.77. The first kappa shape index (κ1) is 16.3. The van der Waals surface area contributed by atoms with Gasteiger partial charge in [0.2, 0.25) is 15.9 Å². The second-order valence-corrected chi connectivity index (χ2v) is 6.36. The molecule has 20 heavy (non-hydrogen) atoms. The fraction of sp³-hybridized carbons (Fsp3) is 0.417. The number of carbonyl (C=O) groups excluding carboxylic acids is 1. The number of sulfonamides is 1. The van der Waals surface area contributed by atoms with E-state index in [-0.39, 0.29) is 16.5 Å². The van der Waals surface area contributed by atoms with E-state index >= 15 is 0 Å². The average molecular weight is 301 g/mol. The summed E-state index contributed by atoms with van der Waals surface area (Å²) in [5.74, 6) is -0.623. The molecular formula is C12H19N3O4S. The lowest BCUT2D eigenvalue weighted by molar-refractivity contribution is -0.120. The fourth-order valence-corrected chi connectivity index (χ4v) is 3.03. The summed E-state index contributed by atoms with van der Waals surface area (Å²) >= 11 is 0. The smallest absolute Gasteiger partial charge is 0.241 e. The molecule has 0 fully saturated rings. The summed E-state index contributed by atoms with van der Waals surface area (Å²) in [6, 6.07) is 3.07. The molecule has 1 atom stereocenters. The maximum Gasteiger partial charge on any atom is 0.241 e. The van der Waals surface area contributed by atoms with E-state index in [0.29, 0.717) is 5.75 Å². The van der Waals surface area contributed by atoms with Crippen LogP contribution in [0.2, 0.25) is 0 Å². The maximum atomic E-state index is 12.2. The topological polar surface area (TPSA) is 125 Å². The van der Waals surface area contributed by atoms with Gasteiger partial charge in [0.15, 0.2) is 0 Å². The standard InChI is InChI=1S/C12H19N3O4S/c1-7(2)11(12(14)16)15-20(17,18)8-4-5-10(19-3)9(13)6-8/h4-7,11,15H,13H2,1-3H3,(H2,14,16). The third-order valence-corrected chi connectivity index (χ3v) is 4.21. The summed E-state index contributed by atoms with van der Waals surface area (Å²) in [5.41, 5.74) is 11.0. The van der Waals surface area contributed by atoms with Crippen molar-refractivity contribution in [2.75, 3.05) is 12.8 Å². The van der Waals surface area contributed by atoms with Crippen LogP contribution in [0.3, 0.4) is 0 Å². The minimum Gasteiger partial charge on any atom is -0.495 e. The van der Waals surface area contributed by atoms with E-state index < -0.39 is 22.0 Å². The molecule has 1 amide bonds. The van der Waals surface area contributed by atoms with E-state index in [4.69, 9.17) is 16.2 Å². The predicted molar refractivity (Wildman–Crippen MR) is 75.5 cm³/mol. The van der Waals surface area contributed by atoms with Gasteiger partial charge < -0.3 is 16.2 Å². The highest BCUT2D eigenvalue weighted by Gasteiger charge is 2.26. The zero-order valence-electron chi connectivity index (χ0n) is 11.6. The summed E-state index contributed by atoms with van der Waals surface area (Å²) in [6.45, 7) is 3.39. The predicted octanol–water partition coefficient (Wildman–Crippen LogP) is 0.0656. The van der Waals surface area contributed by atoms with Crippen molar-refractivity contribution >= 4 is 21.6 Å². The van der Waals surface area contributed by atoms with Crippen molar-refractivity contribution in [1.29, 1.82) is 0 Å². The quantitative estimate of drug-likeness (QED) is 0.641. The summed E-state index contributed by atoms with van der Waals surface area (Å²) in [5, 5.41) is 0. The number of anilines is 1. The number of hydrogen-bond donors (Lipinski definition) is 3. The highest BCUT2D eigenvalue weighted by atomic mass is 32.2. The number of nitrogen functional groups attached to an aromatic ring is 1. The largest absolute Gasteiger partial charge is 0.495 e. The van der Waals surface area contributed by atoms with Gasteiger partial charge in [-0.2, -0.15) is 4.72 Å². The van der Waals surface area contributed by atoms with Crippen molar-refractivity contribution in [1.82, 2.24) is 4.72 Å². The van der Waals surface area contributed by atoms with Gasteiger partial charge in [0, 0.05) is 0 Å². The van der Waals surface area contributed by atoms with Crippen LogP contribution in [0.5, 0.6) is 5.75 Å². The number of carbonyl (C=O) groups is 1. The zero-order valence-corrected chi connectivity index (χ0v) is 12.4. The third kappa shape index (κ3) is 3.61. The summed E-state index contributed by atoms with van der Waals surface area (Å²) in [4.78, 5) is 11.2. The lowest BCUT2D eigenvalue weighted by Crippen LogP contribution is -2.47. The number of amides is 1. The summed E-state index contributed by atoms with van der Waals surface area (Å²) < 4.78 is 31.6. The van der Waals surface area contributed by atoms with E-state index in [1.54, 1.807) is 13.8 Å². The van der Waals surface area contributed by atoms with Crippen LogP contribution in [0, 0.1) is 5.92 Å². The second-order valence-electron chi connectivity index (χ2n) is 4.65. The lowest BCUT2D eigenvalue weighted by Gasteiger charge is -2.19. The van der Waals surface area contributed by atoms with Gasteiger partial charge in [-0.3, -0.25) is 4.79 Å². The van der Waals surface area contributed by atoms with Crippen LogP contribution < -0.4 is 20.9 Å². The Balaban J connectivity index is 3.11. The lowest BCUT2D eigenvalue weighted by atomic mass is 10.1. The zero-order chi connectivity index (χ0) is 15.5. The number of nitrogens with two attached hydrogens (primary N) is 2. The summed E-state index contributed by atoms with van der Waals surface area (Å²) in [7, 11) is -2.45. The molecule has 0 saturated heterocycles. The number of ether oxygens (including phenoxy) is 1. The SMILES string of the molecule is COc1ccc(S(=O)(=O)NC(C(N)=O)C(C)C)cc1N. The number of rotatable bonds is 6. The van der Waals surface area contributed by atoms with E-state index in [1.165, 1.54) is 25.3 Å². The Morgan fingerprint density at radius 1 is 1.35 bits per heavy atom. The highest BCUT2D eigenvalue weighted by Crippen LogP contribution is 2.24. The molecule has 1 rings (SSSR count). The molecule has 0 aliphatic carbocycles. The number of primary amides is 1. The van der Waals surface area contributed by atoms with Crippen molar-refractivity contribution in [3.05, 3.63) is 18.2 Å². The molecule has 112 valence electrons. The Hall–Kier alpha value is -1.80. The molecule has 8 heteroatoms. The number of hydrogen-bond acceptors (Lipinski definition) is 5. The molecule has 1 aromatic rings. The molecule has 0 aliphatic heterocycles. The molecule has 1 unspecified atom stereocenters. The van der Waals surface area contributed by atoms with Crippen molar-refractivity contribution in [3.63, 3.8) is 0 Å². The number of benzene rings is 1. The highest BCUT2D eigenvalue weighted by molar-refractivity contribution is 7.89. The van der Waals surface area contributed by atoms with Crippen LogP contribution in [-0.4, -0.2) is 27.5 Å². The Morgan fingerprint density at radius 2 is 1.95 bits per heavy atom. The molecular weight excluding hydrogens is 282 g/mol. The van der Waals surface area contributed by atoms with Gasteiger partial charge >= 0.3 is 0 Å². The van der Waals surface area contributed by atoms with Crippen LogP contribution in [0.15, 0.2) is 23.1 Å². The minimum absolute atomic E-state index is 0.0531. The van der Waals surface area contributed by atoms with Crippen molar-refractivity contribution in [3.8, 4) is 5.75 Å². The first-order valence-corrected chi connectivity index (χ1v) is 7.42. The molecule has 5 N–H and O–H groups in total. The van der Waals surface area contributed by atoms with E-state index in [1.807, 2.05) is 0 Å². The average Bonchev–Trinajstić information content (AvgIpc) is 2.35. The van der Waals surface area contributed by atoms with Crippen molar-refractivity contribution < 1.29 is 17.9 Å². The maximum absolute atomic E-state index is 12.2. The molecule has 0 bridgehead atoms. The van der Waals surface area contributed by atoms with Gasteiger partial charge in [0.1, 0.15) is 11.8 Å². The monoisotopic (exact) mass is 301 g/mol. The van der Waals surface area contributed by atoms with Gasteiger partial charge in [0.25, 0.3) is 0 Å². The van der Waals surface area contributed by atoms with Crippen molar-refractivity contribution in [2.45, 2.75) is 24.8 Å². The molecule has 0 saturated carbocycles. The van der Waals surface area contributed by atoms with Crippen LogP contribution in [0.1, 0.15) is 13.8 Å². The van der Waals surface area contributed by atoms with Crippen LogP contribution in [0.25, 0.3) is 0 Å². The second kappa shape index (κ2) is 6.10. The minimum atomic E-state index is -3.88. The Labute approximate surface area is 118 Å². The first-order valence-electron chi connectivity index (χ1n) is 5.94. The molecule has 7 nitrogen and oxygen atoms in total. The Morgan fingerprint density at radius 3 is 2.35 bits per heavy atom. The van der Waals surface area contributed by atoms with E-state index in [2.05, 4.69) is 4.72 Å². The van der Waals surface area contributed by atoms with Gasteiger partial charge in [0.05, 0.1) is 17.7 Å². The number of methoxy groups -OCH3 is 1. The van der Waals surface area contributed by atoms with E-state index in [0.717, 1.165) is 0 Å². The van der Waals surface area contributed by atoms with Gasteiger partial charge in [-0.15, -0.1) is 0 Å². The molecule has 0 heterocycles. The first-order chi connectivity index (χ1) is 9.19. The fourth-order valence-electron chi connectivity index (χ4n) is 1.64. The van der Waals surface area contributed by atoms with Crippen LogP contribution in [0.4, 0.5) is 5.69 Å². The Bertz CT molecular complexity index is 599. The van der Waals surface area contributed by atoms with Crippen LogP contribution >= 0.6 is 0 Å². The molecule has 0 spiro atoms. The van der Waals surface area contributed by atoms with E-state index in [9.17, 15) is 13.2 Å².